The predicted octanol–water partition coefficient (Wildman–Crippen LogP) is -0.715. The Hall–Kier alpha value is -3.55. The molecule has 178 valence electrons. The highest BCUT2D eigenvalue weighted by Gasteiger charge is 2.32. The summed E-state index contributed by atoms with van der Waals surface area (Å²) >= 11 is 0. The quantitative estimate of drug-likeness (QED) is 0.182. The first-order valence-corrected chi connectivity index (χ1v) is 10.8. The second kappa shape index (κ2) is 13.7. The minimum Gasteiger partial charge on any atom is -0.462 e. The number of nitrogens with one attached hydrogen (secondary N) is 1. The van der Waals surface area contributed by atoms with Crippen molar-refractivity contribution in [2.24, 2.45) is 0 Å². The molecule has 32 heavy (non-hydrogen) atoms. The third-order valence-corrected chi connectivity index (χ3v) is 3.63. The van der Waals surface area contributed by atoms with Crippen LogP contribution in [0.5, 0.6) is 0 Å². The number of hydroxylamine groups is 2. The van der Waals surface area contributed by atoms with Gasteiger partial charge in [0.05, 0.1) is 19.1 Å². The molecule has 0 atom stereocenters. The molecule has 3 amide bonds. The van der Waals surface area contributed by atoms with Crippen LogP contribution < -0.4 is 5.32 Å². The minimum atomic E-state index is -3.80. The summed E-state index contributed by atoms with van der Waals surface area (Å²) in [6.07, 6.45) is 1.49. The summed E-state index contributed by atoms with van der Waals surface area (Å²) in [5.41, 5.74) is 0.200. The molecule has 1 aliphatic heterocycles. The topological polar surface area (TPSA) is 180 Å². The van der Waals surface area contributed by atoms with Gasteiger partial charge in [-0.15, -0.1) is 5.06 Å². The van der Waals surface area contributed by atoms with E-state index in [9.17, 15) is 37.2 Å². The van der Waals surface area contributed by atoms with Crippen LogP contribution in [0.15, 0.2) is 24.8 Å². The lowest BCUT2D eigenvalue weighted by molar-refractivity contribution is -0.197. The molecular formula is C18H24N2O11S. The van der Waals surface area contributed by atoms with Crippen molar-refractivity contribution in [3.05, 3.63) is 24.8 Å². The average Bonchev–Trinajstić information content (AvgIpc) is 2.98. The summed E-state index contributed by atoms with van der Waals surface area (Å²) in [4.78, 5) is 70.3. The zero-order valence-corrected chi connectivity index (χ0v) is 18.4. The SMILES string of the molecule is C=C(C)C(=O)OCCC(=O)OS(C)(=O)=O.C=CC(=O)NCCC(=O)ON1C(=O)CCC1=O. The van der Waals surface area contributed by atoms with Crippen LogP contribution >= 0.6 is 0 Å². The molecule has 0 bridgehead atoms. The van der Waals surface area contributed by atoms with Gasteiger partial charge >= 0.3 is 28.0 Å². The van der Waals surface area contributed by atoms with Crippen LogP contribution in [-0.2, 0) is 52.6 Å². The van der Waals surface area contributed by atoms with Gasteiger partial charge in [0.15, 0.2) is 0 Å². The van der Waals surface area contributed by atoms with Crippen molar-refractivity contribution in [2.75, 3.05) is 19.4 Å². The number of rotatable bonds is 10. The second-order valence-electron chi connectivity index (χ2n) is 6.12. The summed E-state index contributed by atoms with van der Waals surface area (Å²) < 4.78 is 29.5. The highest BCUT2D eigenvalue weighted by molar-refractivity contribution is 7.86. The van der Waals surface area contributed by atoms with Crippen LogP contribution in [0.4, 0.5) is 0 Å². The van der Waals surface area contributed by atoms with E-state index in [4.69, 9.17) is 0 Å². The number of amides is 3. The van der Waals surface area contributed by atoms with E-state index in [-0.39, 0.29) is 44.4 Å². The molecule has 13 nitrogen and oxygen atoms in total. The molecule has 0 saturated carbocycles. The van der Waals surface area contributed by atoms with Gasteiger partial charge in [-0.2, -0.15) is 8.42 Å². The van der Waals surface area contributed by atoms with Crippen LogP contribution in [-0.4, -0.2) is 68.5 Å². The summed E-state index contributed by atoms with van der Waals surface area (Å²) in [5.74, 6) is -3.82. The molecule has 0 aromatic heterocycles. The molecule has 0 aliphatic carbocycles. The van der Waals surface area contributed by atoms with E-state index in [0.717, 1.165) is 12.3 Å². The first-order chi connectivity index (χ1) is 14.8. The van der Waals surface area contributed by atoms with E-state index in [1.165, 1.54) is 6.92 Å². The van der Waals surface area contributed by atoms with E-state index < -0.39 is 45.7 Å². The Kier molecular flexibility index (Phi) is 12.2. The summed E-state index contributed by atoms with van der Waals surface area (Å²) in [6.45, 7) is 7.84. The van der Waals surface area contributed by atoms with Crippen molar-refractivity contribution in [3.63, 3.8) is 0 Å². The molecule has 1 fully saturated rings. The average molecular weight is 476 g/mol. The fourth-order valence-corrected chi connectivity index (χ4v) is 2.15. The number of hydrogen-bond donors (Lipinski definition) is 1. The van der Waals surface area contributed by atoms with Crippen LogP contribution in [0.2, 0.25) is 0 Å². The maximum Gasteiger partial charge on any atom is 0.334 e. The summed E-state index contributed by atoms with van der Waals surface area (Å²) in [7, 11) is -3.80. The number of carbonyl (C=O) groups is 6. The van der Waals surface area contributed by atoms with Gasteiger partial charge in [0.1, 0.15) is 6.61 Å². The minimum absolute atomic E-state index is 0.0549. The Morgan fingerprint density at radius 2 is 1.66 bits per heavy atom. The van der Waals surface area contributed by atoms with E-state index in [0.29, 0.717) is 5.06 Å². The van der Waals surface area contributed by atoms with Gasteiger partial charge in [0, 0.05) is 25.0 Å². The molecule has 1 aliphatic rings. The van der Waals surface area contributed by atoms with E-state index >= 15 is 0 Å². The lowest BCUT2D eigenvalue weighted by atomic mass is 10.4. The first kappa shape index (κ1) is 28.5. The number of nitrogens with zero attached hydrogens (tertiary/aromatic N) is 1. The zero-order valence-electron chi connectivity index (χ0n) is 17.6. The molecule has 14 heteroatoms. The van der Waals surface area contributed by atoms with E-state index in [1.54, 1.807) is 0 Å². The molecule has 1 heterocycles. The molecule has 1 saturated heterocycles. The van der Waals surface area contributed by atoms with Crippen molar-refractivity contribution >= 4 is 45.7 Å². The first-order valence-electron chi connectivity index (χ1n) is 8.98. The lowest BCUT2D eigenvalue weighted by Crippen LogP contribution is -2.33. The fourth-order valence-electron chi connectivity index (χ4n) is 1.73. The lowest BCUT2D eigenvalue weighted by Gasteiger charge is -2.12. The van der Waals surface area contributed by atoms with Crippen LogP contribution in [0, 0.1) is 0 Å². The molecule has 0 spiro atoms. The Labute approximate surface area is 184 Å². The van der Waals surface area contributed by atoms with Crippen LogP contribution in [0.25, 0.3) is 0 Å². The normalized spacial score (nSPS) is 12.8. The van der Waals surface area contributed by atoms with Crippen molar-refractivity contribution in [1.29, 1.82) is 0 Å². The van der Waals surface area contributed by atoms with Crippen LogP contribution in [0.3, 0.4) is 0 Å². The highest BCUT2D eigenvalue weighted by Crippen LogP contribution is 2.12. The standard InChI is InChI=1S/C10H12N2O5.C8H12O6S/c1-2-7(13)11-6-5-10(16)17-12-8(14)3-4-9(12)15;1-6(2)8(10)13-5-4-7(9)14-15(3,11)12/h2H,1,3-6H2,(H,11,13);1,4-5H2,2-3H3. The van der Waals surface area contributed by atoms with E-state index in [2.05, 4.69) is 32.2 Å². The maximum absolute atomic E-state index is 11.2. The molecular weight excluding hydrogens is 452 g/mol. The monoisotopic (exact) mass is 476 g/mol. The molecule has 0 unspecified atom stereocenters. The predicted molar refractivity (Wildman–Crippen MR) is 106 cm³/mol. The van der Waals surface area contributed by atoms with Crippen LogP contribution in [0.1, 0.15) is 32.6 Å². The van der Waals surface area contributed by atoms with Crippen molar-refractivity contribution in [1.82, 2.24) is 10.4 Å². The van der Waals surface area contributed by atoms with Crippen molar-refractivity contribution in [3.8, 4) is 0 Å². The smallest absolute Gasteiger partial charge is 0.334 e. The number of imide groups is 1. The number of carbonyl (C=O) groups excluding carboxylic acids is 6. The Balaban J connectivity index is 0.000000607. The molecule has 0 aromatic rings. The van der Waals surface area contributed by atoms with Gasteiger partial charge in [-0.1, -0.05) is 13.2 Å². The van der Waals surface area contributed by atoms with Crippen molar-refractivity contribution < 1.29 is 50.9 Å². The van der Waals surface area contributed by atoms with Gasteiger partial charge in [0.25, 0.3) is 11.8 Å². The summed E-state index contributed by atoms with van der Waals surface area (Å²) in [6, 6.07) is 0. The second-order valence-corrected chi connectivity index (χ2v) is 7.69. The third-order valence-electron chi connectivity index (χ3n) is 3.14. The summed E-state index contributed by atoms with van der Waals surface area (Å²) in [5, 5.41) is 2.83. The highest BCUT2D eigenvalue weighted by atomic mass is 32.2. The Morgan fingerprint density at radius 3 is 2.12 bits per heavy atom. The van der Waals surface area contributed by atoms with Crippen molar-refractivity contribution in [2.45, 2.75) is 32.6 Å². The number of hydrogen-bond acceptors (Lipinski definition) is 11. The van der Waals surface area contributed by atoms with E-state index in [1.807, 2.05) is 0 Å². The molecule has 1 rings (SSSR count). The zero-order chi connectivity index (χ0) is 24.9. The van der Waals surface area contributed by atoms with Gasteiger partial charge < -0.3 is 19.1 Å². The number of ether oxygens (including phenoxy) is 1. The third kappa shape index (κ3) is 12.9. The van der Waals surface area contributed by atoms with Gasteiger partial charge in [0.2, 0.25) is 5.91 Å². The van der Waals surface area contributed by atoms with Gasteiger partial charge in [-0.25, -0.2) is 9.59 Å². The molecule has 1 N–H and O–H groups in total. The Morgan fingerprint density at radius 1 is 1.09 bits per heavy atom. The molecule has 0 radical (unpaired) electrons. The Bertz CT molecular complexity index is 877. The fraction of sp³-hybridized carbons (Fsp3) is 0.444. The molecule has 0 aromatic carbocycles. The van der Waals surface area contributed by atoms with Gasteiger partial charge in [-0.05, 0) is 13.0 Å². The largest absolute Gasteiger partial charge is 0.462 e. The van der Waals surface area contributed by atoms with Gasteiger partial charge in [-0.3, -0.25) is 19.2 Å². The maximum atomic E-state index is 11.2. The number of esters is 1.